The van der Waals surface area contributed by atoms with Crippen molar-refractivity contribution in [3.63, 3.8) is 0 Å². The lowest BCUT2D eigenvalue weighted by atomic mass is 9.94. The molecular weight excluding hydrogens is 300 g/mol. The van der Waals surface area contributed by atoms with Gasteiger partial charge in [0.2, 0.25) is 0 Å². The van der Waals surface area contributed by atoms with Crippen LogP contribution in [0.4, 0.5) is 0 Å². The van der Waals surface area contributed by atoms with Crippen LogP contribution < -0.4 is 0 Å². The third-order valence-corrected chi connectivity index (χ3v) is 4.04. The van der Waals surface area contributed by atoms with Crippen molar-refractivity contribution in [2.24, 2.45) is 0 Å². The standard InChI is InChI=1S/C16H16N2O5/c1-23-16(22)10-6-4-8-18-13(10)12(15(20)21)17-14(18)9-5-2-3-7-11(9)19/h2-3,5,7,10,19H,4,6,8H2,1H3,(H,20,21). The van der Waals surface area contributed by atoms with Gasteiger partial charge in [-0.25, -0.2) is 9.78 Å². The summed E-state index contributed by atoms with van der Waals surface area (Å²) in [6, 6.07) is 6.59. The zero-order chi connectivity index (χ0) is 16.6. The van der Waals surface area contributed by atoms with Crippen molar-refractivity contribution in [1.29, 1.82) is 0 Å². The van der Waals surface area contributed by atoms with Gasteiger partial charge in [0.15, 0.2) is 5.69 Å². The number of methoxy groups -OCH3 is 1. The molecule has 0 saturated heterocycles. The van der Waals surface area contributed by atoms with E-state index in [4.69, 9.17) is 4.74 Å². The largest absolute Gasteiger partial charge is 0.507 e. The van der Waals surface area contributed by atoms with Gasteiger partial charge in [0, 0.05) is 6.54 Å². The summed E-state index contributed by atoms with van der Waals surface area (Å²) in [4.78, 5) is 27.8. The van der Waals surface area contributed by atoms with E-state index in [0.29, 0.717) is 36.5 Å². The molecule has 1 aliphatic rings. The van der Waals surface area contributed by atoms with Crippen LogP contribution in [0.25, 0.3) is 11.4 Å². The highest BCUT2D eigenvalue weighted by Gasteiger charge is 2.36. The van der Waals surface area contributed by atoms with Gasteiger partial charge in [-0.05, 0) is 25.0 Å². The van der Waals surface area contributed by atoms with Crippen LogP contribution in [0.5, 0.6) is 5.75 Å². The number of aromatic carboxylic acids is 1. The predicted octanol–water partition coefficient (Wildman–Crippen LogP) is 2.00. The van der Waals surface area contributed by atoms with E-state index in [9.17, 15) is 19.8 Å². The van der Waals surface area contributed by atoms with Gasteiger partial charge in [-0.1, -0.05) is 12.1 Å². The molecule has 1 aromatic carbocycles. The van der Waals surface area contributed by atoms with Crippen LogP contribution in [0.1, 0.15) is 34.9 Å². The first kappa shape index (κ1) is 15.1. The van der Waals surface area contributed by atoms with Crippen molar-refractivity contribution in [3.8, 4) is 17.1 Å². The first-order valence-electron chi connectivity index (χ1n) is 7.24. The number of aromatic hydroxyl groups is 1. The number of esters is 1. The number of benzene rings is 1. The zero-order valence-corrected chi connectivity index (χ0v) is 12.5. The quantitative estimate of drug-likeness (QED) is 0.840. The molecule has 0 spiro atoms. The second-order valence-electron chi connectivity index (χ2n) is 5.36. The maximum atomic E-state index is 12.0. The lowest BCUT2D eigenvalue weighted by Gasteiger charge is -2.24. The van der Waals surface area contributed by atoms with Gasteiger partial charge in [-0.2, -0.15) is 0 Å². The van der Waals surface area contributed by atoms with Crippen LogP contribution in [0, 0.1) is 0 Å². The number of carbonyl (C=O) groups excluding carboxylic acids is 1. The summed E-state index contributed by atoms with van der Waals surface area (Å²) in [6.45, 7) is 0.534. The second-order valence-corrected chi connectivity index (χ2v) is 5.36. The smallest absolute Gasteiger partial charge is 0.356 e. The Bertz CT molecular complexity index is 781. The molecule has 1 aromatic heterocycles. The molecule has 0 bridgehead atoms. The lowest BCUT2D eigenvalue weighted by Crippen LogP contribution is -2.25. The summed E-state index contributed by atoms with van der Waals surface area (Å²) in [7, 11) is 1.28. The number of aromatic nitrogens is 2. The number of rotatable bonds is 3. The maximum absolute atomic E-state index is 12.0. The average Bonchev–Trinajstić information content (AvgIpc) is 2.94. The van der Waals surface area contributed by atoms with E-state index in [2.05, 4.69) is 4.98 Å². The van der Waals surface area contributed by atoms with Gasteiger partial charge in [0.05, 0.1) is 24.3 Å². The number of carboxylic acid groups (broad SMARTS) is 1. The van der Waals surface area contributed by atoms with Crippen LogP contribution in [-0.4, -0.2) is 38.8 Å². The van der Waals surface area contributed by atoms with Gasteiger partial charge in [-0.15, -0.1) is 0 Å². The molecule has 120 valence electrons. The van der Waals surface area contributed by atoms with Crippen LogP contribution in [0.15, 0.2) is 24.3 Å². The number of hydrogen-bond acceptors (Lipinski definition) is 5. The number of ether oxygens (including phenoxy) is 1. The number of phenols is 1. The second kappa shape index (κ2) is 5.75. The summed E-state index contributed by atoms with van der Waals surface area (Å²) in [6.07, 6.45) is 1.21. The topological polar surface area (TPSA) is 102 Å². The Morgan fingerprint density at radius 1 is 1.35 bits per heavy atom. The first-order valence-corrected chi connectivity index (χ1v) is 7.24. The third-order valence-electron chi connectivity index (χ3n) is 4.04. The molecule has 1 aliphatic heterocycles. The van der Waals surface area contributed by atoms with Crippen molar-refractivity contribution < 1.29 is 24.5 Å². The van der Waals surface area contributed by atoms with Crippen molar-refractivity contribution in [1.82, 2.24) is 9.55 Å². The summed E-state index contributed by atoms with van der Waals surface area (Å²) in [5.41, 5.74) is 0.610. The Balaban J connectivity index is 2.24. The van der Waals surface area contributed by atoms with Crippen molar-refractivity contribution >= 4 is 11.9 Å². The number of carboxylic acids is 1. The Kier molecular flexibility index (Phi) is 3.77. The number of imidazole rings is 1. The van der Waals surface area contributed by atoms with Crippen LogP contribution in [-0.2, 0) is 16.1 Å². The van der Waals surface area contributed by atoms with Crippen molar-refractivity contribution in [2.75, 3.05) is 7.11 Å². The van der Waals surface area contributed by atoms with Crippen LogP contribution in [0.3, 0.4) is 0 Å². The number of hydrogen-bond donors (Lipinski definition) is 2. The van der Waals surface area contributed by atoms with Gasteiger partial charge in [0.25, 0.3) is 0 Å². The van der Waals surface area contributed by atoms with Crippen molar-refractivity contribution in [3.05, 3.63) is 35.7 Å². The van der Waals surface area contributed by atoms with Crippen molar-refractivity contribution in [2.45, 2.75) is 25.3 Å². The minimum Gasteiger partial charge on any atom is -0.507 e. The van der Waals surface area contributed by atoms with Gasteiger partial charge in [-0.3, -0.25) is 4.79 Å². The van der Waals surface area contributed by atoms with Gasteiger partial charge < -0.3 is 19.5 Å². The average molecular weight is 316 g/mol. The SMILES string of the molecule is COC(=O)C1CCCn2c(-c3ccccc3O)nc(C(=O)O)c21. The molecule has 3 rings (SSSR count). The highest BCUT2D eigenvalue weighted by Crippen LogP contribution is 2.37. The fourth-order valence-electron chi connectivity index (χ4n) is 3.03. The third kappa shape index (κ3) is 2.44. The molecule has 0 fully saturated rings. The molecule has 2 aromatic rings. The fourth-order valence-corrected chi connectivity index (χ4v) is 3.03. The Labute approximate surface area is 132 Å². The highest BCUT2D eigenvalue weighted by atomic mass is 16.5. The summed E-state index contributed by atoms with van der Waals surface area (Å²) in [5, 5.41) is 19.5. The van der Waals surface area contributed by atoms with Crippen LogP contribution >= 0.6 is 0 Å². The Morgan fingerprint density at radius 3 is 2.74 bits per heavy atom. The first-order chi connectivity index (χ1) is 11.0. The Hall–Kier alpha value is -2.83. The minimum atomic E-state index is -1.20. The molecule has 2 heterocycles. The fraction of sp³-hybridized carbons (Fsp3) is 0.312. The zero-order valence-electron chi connectivity index (χ0n) is 12.5. The molecule has 0 saturated carbocycles. The molecular formula is C16H16N2O5. The van der Waals surface area contributed by atoms with E-state index >= 15 is 0 Å². The molecule has 1 unspecified atom stereocenters. The molecule has 2 N–H and O–H groups in total. The van der Waals surface area contributed by atoms with E-state index in [1.54, 1.807) is 22.8 Å². The summed E-state index contributed by atoms with van der Waals surface area (Å²) in [5.74, 6) is -1.98. The molecule has 23 heavy (non-hydrogen) atoms. The molecule has 0 aliphatic carbocycles. The maximum Gasteiger partial charge on any atom is 0.356 e. The lowest BCUT2D eigenvalue weighted by molar-refractivity contribution is -0.143. The molecule has 0 amide bonds. The number of carbonyl (C=O) groups is 2. The summed E-state index contributed by atoms with van der Waals surface area (Å²) < 4.78 is 6.50. The van der Waals surface area contributed by atoms with Gasteiger partial charge in [0.1, 0.15) is 11.6 Å². The van der Waals surface area contributed by atoms with Crippen LogP contribution in [0.2, 0.25) is 0 Å². The van der Waals surface area contributed by atoms with E-state index in [0.717, 1.165) is 0 Å². The van der Waals surface area contributed by atoms with E-state index in [1.807, 2.05) is 0 Å². The monoisotopic (exact) mass is 316 g/mol. The minimum absolute atomic E-state index is 0.0115. The predicted molar refractivity (Wildman–Crippen MR) is 80.3 cm³/mol. The number of nitrogens with zero attached hydrogens (tertiary/aromatic N) is 2. The molecule has 0 radical (unpaired) electrons. The number of para-hydroxylation sites is 1. The number of fused-ring (bicyclic) bond motifs is 1. The molecule has 1 atom stereocenters. The van der Waals surface area contributed by atoms with E-state index in [1.165, 1.54) is 13.2 Å². The summed E-state index contributed by atoms with van der Waals surface area (Å²) >= 11 is 0. The Morgan fingerprint density at radius 2 is 2.09 bits per heavy atom. The number of phenolic OH excluding ortho intramolecular Hbond substituents is 1. The molecule has 7 heteroatoms. The van der Waals surface area contributed by atoms with Gasteiger partial charge >= 0.3 is 11.9 Å². The highest BCUT2D eigenvalue weighted by molar-refractivity contribution is 5.91. The normalized spacial score (nSPS) is 16.7. The van der Waals surface area contributed by atoms with E-state index < -0.39 is 17.9 Å². The van der Waals surface area contributed by atoms with E-state index in [-0.39, 0.29) is 11.4 Å². The molecule has 7 nitrogen and oxygen atoms in total.